The number of rotatable bonds is 5. The van der Waals surface area contributed by atoms with E-state index in [0.717, 1.165) is 12.1 Å². The molecule has 0 amide bonds. The molecule has 4 nitrogen and oxygen atoms in total. The molecule has 1 aliphatic rings. The number of pyridine rings is 1. The monoisotopic (exact) mass is 234 g/mol. The van der Waals surface area contributed by atoms with E-state index >= 15 is 0 Å². The topological polar surface area (TPSA) is 62.2 Å². The molecular formula is C13H18N2O2. The van der Waals surface area contributed by atoms with E-state index in [1.54, 1.807) is 12.1 Å². The van der Waals surface area contributed by atoms with Crippen molar-refractivity contribution in [3.63, 3.8) is 0 Å². The summed E-state index contributed by atoms with van der Waals surface area (Å²) in [5.41, 5.74) is 1.10. The number of nitrogens with one attached hydrogen (secondary N) is 1. The van der Waals surface area contributed by atoms with Crippen LogP contribution in [0.5, 0.6) is 0 Å². The fourth-order valence-corrected chi connectivity index (χ4v) is 2.13. The molecule has 1 saturated carbocycles. The molecule has 92 valence electrons. The van der Waals surface area contributed by atoms with Gasteiger partial charge in [-0.25, -0.2) is 9.78 Å². The SMILES string of the molecule is CCCC1CC1Nc1nc(C)ccc1C(=O)O. The molecule has 2 N–H and O–H groups in total. The van der Waals surface area contributed by atoms with E-state index in [1.807, 2.05) is 6.92 Å². The number of anilines is 1. The van der Waals surface area contributed by atoms with Gasteiger partial charge >= 0.3 is 5.97 Å². The predicted molar refractivity (Wildman–Crippen MR) is 66.4 cm³/mol. The maximum Gasteiger partial charge on any atom is 0.339 e. The Bertz CT molecular complexity index is 431. The molecule has 2 atom stereocenters. The van der Waals surface area contributed by atoms with Crippen molar-refractivity contribution in [2.24, 2.45) is 5.92 Å². The van der Waals surface area contributed by atoms with Gasteiger partial charge in [0.1, 0.15) is 11.4 Å². The lowest BCUT2D eigenvalue weighted by Gasteiger charge is -2.09. The van der Waals surface area contributed by atoms with E-state index in [1.165, 1.54) is 12.8 Å². The van der Waals surface area contributed by atoms with Crippen molar-refractivity contribution in [3.8, 4) is 0 Å². The quantitative estimate of drug-likeness (QED) is 0.822. The van der Waals surface area contributed by atoms with Gasteiger partial charge in [0.25, 0.3) is 0 Å². The maximum absolute atomic E-state index is 11.1. The Morgan fingerprint density at radius 2 is 2.35 bits per heavy atom. The zero-order valence-corrected chi connectivity index (χ0v) is 10.2. The normalized spacial score (nSPS) is 22.2. The van der Waals surface area contributed by atoms with Crippen molar-refractivity contribution < 1.29 is 9.90 Å². The van der Waals surface area contributed by atoms with Crippen LogP contribution in [0.15, 0.2) is 12.1 Å². The first kappa shape index (κ1) is 11.9. The summed E-state index contributed by atoms with van der Waals surface area (Å²) in [6.45, 7) is 4.04. The van der Waals surface area contributed by atoms with Crippen molar-refractivity contribution in [1.29, 1.82) is 0 Å². The fraction of sp³-hybridized carbons (Fsp3) is 0.538. The first-order valence-electron chi connectivity index (χ1n) is 6.09. The second-order valence-electron chi connectivity index (χ2n) is 4.69. The summed E-state index contributed by atoms with van der Waals surface area (Å²) in [5, 5.41) is 12.3. The van der Waals surface area contributed by atoms with E-state index in [0.29, 0.717) is 17.8 Å². The molecule has 0 radical (unpaired) electrons. The smallest absolute Gasteiger partial charge is 0.339 e. The number of nitrogens with zero attached hydrogens (tertiary/aromatic N) is 1. The zero-order chi connectivity index (χ0) is 12.4. The van der Waals surface area contributed by atoms with Crippen molar-refractivity contribution in [2.75, 3.05) is 5.32 Å². The minimum atomic E-state index is -0.923. The van der Waals surface area contributed by atoms with Crippen LogP contribution < -0.4 is 5.32 Å². The van der Waals surface area contributed by atoms with E-state index in [-0.39, 0.29) is 5.56 Å². The summed E-state index contributed by atoms with van der Waals surface area (Å²) in [5.74, 6) is 0.276. The van der Waals surface area contributed by atoms with Crippen LogP contribution in [0, 0.1) is 12.8 Å². The predicted octanol–water partition coefficient (Wildman–Crippen LogP) is 2.69. The molecule has 0 aliphatic heterocycles. The lowest BCUT2D eigenvalue weighted by atomic mass is 10.2. The molecule has 4 heteroatoms. The van der Waals surface area contributed by atoms with E-state index < -0.39 is 5.97 Å². The third kappa shape index (κ3) is 2.75. The number of aromatic nitrogens is 1. The Kier molecular flexibility index (Phi) is 3.31. The average Bonchev–Trinajstić information content (AvgIpc) is 2.96. The summed E-state index contributed by atoms with van der Waals surface area (Å²) in [4.78, 5) is 15.3. The summed E-state index contributed by atoms with van der Waals surface area (Å²) >= 11 is 0. The third-order valence-corrected chi connectivity index (χ3v) is 3.17. The molecule has 1 aliphatic carbocycles. The molecule has 2 rings (SSSR count). The Labute approximate surface area is 101 Å². The first-order valence-corrected chi connectivity index (χ1v) is 6.09. The van der Waals surface area contributed by atoms with Gasteiger partial charge in [-0.1, -0.05) is 13.3 Å². The summed E-state index contributed by atoms with van der Waals surface area (Å²) in [6.07, 6.45) is 3.50. The van der Waals surface area contributed by atoms with Crippen LogP contribution in [0.4, 0.5) is 5.82 Å². The van der Waals surface area contributed by atoms with Gasteiger partial charge in [0.15, 0.2) is 0 Å². The molecule has 17 heavy (non-hydrogen) atoms. The number of carbonyl (C=O) groups is 1. The van der Waals surface area contributed by atoms with Crippen molar-refractivity contribution >= 4 is 11.8 Å². The van der Waals surface area contributed by atoms with Crippen molar-refractivity contribution in [2.45, 2.75) is 39.2 Å². The Hall–Kier alpha value is -1.58. The second kappa shape index (κ2) is 4.73. The highest BCUT2D eigenvalue weighted by Crippen LogP contribution is 2.37. The largest absolute Gasteiger partial charge is 0.478 e. The molecular weight excluding hydrogens is 216 g/mol. The highest BCUT2D eigenvalue weighted by molar-refractivity contribution is 5.93. The number of hydrogen-bond acceptors (Lipinski definition) is 3. The lowest BCUT2D eigenvalue weighted by molar-refractivity contribution is 0.0697. The van der Waals surface area contributed by atoms with Gasteiger partial charge in [0.05, 0.1) is 0 Å². The first-order chi connectivity index (χ1) is 8.11. The number of carboxylic acid groups (broad SMARTS) is 1. The molecule has 0 saturated heterocycles. The minimum Gasteiger partial charge on any atom is -0.478 e. The molecule has 0 bridgehead atoms. The maximum atomic E-state index is 11.1. The van der Waals surface area contributed by atoms with Crippen molar-refractivity contribution in [1.82, 2.24) is 4.98 Å². The second-order valence-corrected chi connectivity index (χ2v) is 4.69. The van der Waals surface area contributed by atoms with Crippen LogP contribution in [0.2, 0.25) is 0 Å². The fourth-order valence-electron chi connectivity index (χ4n) is 2.13. The molecule has 0 spiro atoms. The van der Waals surface area contributed by atoms with Crippen LogP contribution in [-0.2, 0) is 0 Å². The van der Waals surface area contributed by atoms with Crippen LogP contribution in [-0.4, -0.2) is 22.1 Å². The third-order valence-electron chi connectivity index (χ3n) is 3.17. The molecule has 1 fully saturated rings. The standard InChI is InChI=1S/C13H18N2O2/c1-3-4-9-7-11(9)15-12-10(13(16)17)6-5-8(2)14-12/h5-6,9,11H,3-4,7H2,1-2H3,(H,14,15)(H,16,17). The highest BCUT2D eigenvalue weighted by atomic mass is 16.4. The van der Waals surface area contributed by atoms with E-state index in [2.05, 4.69) is 17.2 Å². The van der Waals surface area contributed by atoms with Crippen molar-refractivity contribution in [3.05, 3.63) is 23.4 Å². The van der Waals surface area contributed by atoms with Gasteiger partial charge in [-0.15, -0.1) is 0 Å². The summed E-state index contributed by atoms with van der Waals surface area (Å²) < 4.78 is 0. The van der Waals surface area contributed by atoms with Crippen LogP contribution in [0.3, 0.4) is 0 Å². The van der Waals surface area contributed by atoms with Gasteiger partial charge in [-0.3, -0.25) is 0 Å². The van der Waals surface area contributed by atoms with E-state index in [9.17, 15) is 4.79 Å². The average molecular weight is 234 g/mol. The van der Waals surface area contributed by atoms with E-state index in [4.69, 9.17) is 5.11 Å². The number of aromatic carboxylic acids is 1. The number of carboxylic acids is 1. The van der Waals surface area contributed by atoms with Crippen LogP contribution in [0.25, 0.3) is 0 Å². The zero-order valence-electron chi connectivity index (χ0n) is 10.2. The van der Waals surface area contributed by atoms with Crippen LogP contribution in [0.1, 0.15) is 42.2 Å². The Balaban J connectivity index is 2.10. The van der Waals surface area contributed by atoms with Gasteiger partial charge in [-0.2, -0.15) is 0 Å². The molecule has 1 heterocycles. The molecule has 0 aromatic carbocycles. The summed E-state index contributed by atoms with van der Waals surface area (Å²) in [6, 6.07) is 3.75. The molecule has 2 unspecified atom stereocenters. The van der Waals surface area contributed by atoms with Gasteiger partial charge < -0.3 is 10.4 Å². The van der Waals surface area contributed by atoms with Gasteiger partial charge in [-0.05, 0) is 37.8 Å². The molecule has 1 aromatic rings. The number of hydrogen-bond donors (Lipinski definition) is 2. The number of aryl methyl sites for hydroxylation is 1. The Morgan fingerprint density at radius 1 is 1.59 bits per heavy atom. The molecule has 1 aromatic heterocycles. The summed E-state index contributed by atoms with van der Waals surface area (Å²) in [7, 11) is 0. The van der Waals surface area contributed by atoms with Crippen LogP contribution >= 0.6 is 0 Å². The Morgan fingerprint density at radius 3 is 3.00 bits per heavy atom. The minimum absolute atomic E-state index is 0.262. The lowest BCUT2D eigenvalue weighted by Crippen LogP contribution is -2.12. The van der Waals surface area contributed by atoms with Gasteiger partial charge in [0.2, 0.25) is 0 Å². The van der Waals surface area contributed by atoms with Gasteiger partial charge in [0, 0.05) is 11.7 Å². The highest BCUT2D eigenvalue weighted by Gasteiger charge is 2.36.